The van der Waals surface area contributed by atoms with Crippen molar-refractivity contribution in [3.05, 3.63) is 50.8 Å². The Bertz CT molecular complexity index is 1090. The minimum Gasteiger partial charge on any atom is -0.303 e. The fraction of sp³-hybridized carbons (Fsp3) is 0.0667. The highest BCUT2D eigenvalue weighted by Crippen LogP contribution is 2.24. The van der Waals surface area contributed by atoms with Crippen LogP contribution in [0.2, 0.25) is 5.15 Å². The first kappa shape index (κ1) is 13.4. The van der Waals surface area contributed by atoms with E-state index in [1.807, 2.05) is 24.4 Å². The number of H-pyrrole nitrogens is 1. The number of fused-ring (bicyclic) bond motifs is 2. The molecule has 0 saturated heterocycles. The van der Waals surface area contributed by atoms with Crippen LogP contribution < -0.4 is 5.56 Å². The predicted octanol–water partition coefficient (Wildman–Crippen LogP) is 3.56. The largest absolute Gasteiger partial charge is 0.303 e. The van der Waals surface area contributed by atoms with Gasteiger partial charge in [-0.3, -0.25) is 9.78 Å². The minimum absolute atomic E-state index is 0.241. The fourth-order valence-corrected chi connectivity index (χ4v) is 3.34. The third kappa shape index (κ3) is 2.08. The van der Waals surface area contributed by atoms with Gasteiger partial charge in [-0.1, -0.05) is 11.6 Å². The highest BCUT2D eigenvalue weighted by Gasteiger charge is 2.11. The van der Waals surface area contributed by atoms with Gasteiger partial charge in [-0.05, 0) is 41.5 Å². The first-order valence-electron chi connectivity index (χ1n) is 6.52. The maximum atomic E-state index is 12.2. The minimum atomic E-state index is -0.321. The summed E-state index contributed by atoms with van der Waals surface area (Å²) >= 11 is 7.52. The van der Waals surface area contributed by atoms with Crippen LogP contribution in [-0.2, 0) is 0 Å². The highest BCUT2D eigenvalue weighted by molar-refractivity contribution is 7.17. The third-order valence-electron chi connectivity index (χ3n) is 3.41. The van der Waals surface area contributed by atoms with Gasteiger partial charge in [-0.15, -0.1) is 11.3 Å². The Kier molecular flexibility index (Phi) is 2.95. The molecule has 4 rings (SSSR count). The van der Waals surface area contributed by atoms with Gasteiger partial charge < -0.3 is 4.98 Å². The number of aromatic nitrogens is 4. The van der Waals surface area contributed by atoms with E-state index in [0.29, 0.717) is 17.0 Å². The molecular formula is C15H9ClN4OS. The second-order valence-corrected chi connectivity index (χ2v) is 6.24. The summed E-state index contributed by atoms with van der Waals surface area (Å²) in [6, 6.07) is 5.61. The second-order valence-electron chi connectivity index (χ2n) is 4.90. The zero-order valence-electron chi connectivity index (χ0n) is 11.4. The van der Waals surface area contributed by atoms with Crippen molar-refractivity contribution in [2.24, 2.45) is 0 Å². The van der Waals surface area contributed by atoms with Crippen molar-refractivity contribution in [2.45, 2.75) is 6.92 Å². The van der Waals surface area contributed by atoms with E-state index in [2.05, 4.69) is 19.9 Å². The number of nitrogens with one attached hydrogen (secondary N) is 1. The maximum absolute atomic E-state index is 12.2. The van der Waals surface area contributed by atoms with E-state index in [-0.39, 0.29) is 16.2 Å². The van der Waals surface area contributed by atoms with Gasteiger partial charge in [0.05, 0.1) is 10.2 Å². The summed E-state index contributed by atoms with van der Waals surface area (Å²) < 4.78 is 1.09. The summed E-state index contributed by atoms with van der Waals surface area (Å²) in [6.07, 6.45) is 1.78. The van der Waals surface area contributed by atoms with Crippen LogP contribution in [0.25, 0.3) is 32.6 Å². The molecular weight excluding hydrogens is 320 g/mol. The molecule has 4 aromatic rings. The Morgan fingerprint density at radius 1 is 1.23 bits per heavy atom. The first-order valence-corrected chi connectivity index (χ1v) is 7.78. The zero-order valence-corrected chi connectivity index (χ0v) is 13.0. The Morgan fingerprint density at radius 2 is 2.09 bits per heavy atom. The second kappa shape index (κ2) is 4.86. The zero-order chi connectivity index (χ0) is 15.3. The molecule has 4 heterocycles. The molecule has 0 unspecified atom stereocenters. The van der Waals surface area contributed by atoms with E-state index < -0.39 is 0 Å². The lowest BCUT2D eigenvalue weighted by molar-refractivity contribution is 1.12. The van der Waals surface area contributed by atoms with Gasteiger partial charge in [0.15, 0.2) is 11.3 Å². The standard InChI is InChI=1S/C15H9ClN4OS/c1-7-4-11(16)18-13-12(7)19-14(20-15(13)21)9-5-8-2-3-22-10(8)6-17-9/h2-6H,1H3,(H,19,20,21). The summed E-state index contributed by atoms with van der Waals surface area (Å²) in [5.74, 6) is 0.429. The first-order chi connectivity index (χ1) is 10.6. The molecule has 0 saturated carbocycles. The Hall–Kier alpha value is -2.31. The van der Waals surface area contributed by atoms with E-state index in [9.17, 15) is 4.79 Å². The molecule has 0 spiro atoms. The van der Waals surface area contributed by atoms with Crippen molar-refractivity contribution in [2.75, 3.05) is 0 Å². The maximum Gasteiger partial charge on any atom is 0.277 e. The van der Waals surface area contributed by atoms with Crippen LogP contribution in [0.3, 0.4) is 0 Å². The molecule has 0 fully saturated rings. The monoisotopic (exact) mass is 328 g/mol. The molecule has 0 bridgehead atoms. The molecule has 0 aromatic carbocycles. The number of aryl methyl sites for hydroxylation is 1. The number of hydrogen-bond acceptors (Lipinski definition) is 5. The molecule has 7 heteroatoms. The van der Waals surface area contributed by atoms with Crippen LogP contribution in [-0.4, -0.2) is 19.9 Å². The van der Waals surface area contributed by atoms with E-state index in [1.165, 1.54) is 0 Å². The van der Waals surface area contributed by atoms with Crippen LogP contribution in [0.4, 0.5) is 0 Å². The predicted molar refractivity (Wildman–Crippen MR) is 88.5 cm³/mol. The number of rotatable bonds is 1. The Morgan fingerprint density at radius 3 is 2.95 bits per heavy atom. The van der Waals surface area contributed by atoms with Crippen LogP contribution in [0.15, 0.2) is 34.6 Å². The van der Waals surface area contributed by atoms with Gasteiger partial charge >= 0.3 is 0 Å². The van der Waals surface area contributed by atoms with Gasteiger partial charge in [-0.25, -0.2) is 9.97 Å². The highest BCUT2D eigenvalue weighted by atomic mass is 35.5. The molecule has 108 valence electrons. The molecule has 0 aliphatic rings. The quantitative estimate of drug-likeness (QED) is 0.542. The lowest BCUT2D eigenvalue weighted by atomic mass is 10.2. The summed E-state index contributed by atoms with van der Waals surface area (Å²) in [6.45, 7) is 1.85. The van der Waals surface area contributed by atoms with Gasteiger partial charge in [0.2, 0.25) is 0 Å². The molecule has 1 N–H and O–H groups in total. The van der Waals surface area contributed by atoms with Gasteiger partial charge in [-0.2, -0.15) is 0 Å². The van der Waals surface area contributed by atoms with Crippen molar-refractivity contribution >= 4 is 44.1 Å². The Labute approximate surface area is 133 Å². The van der Waals surface area contributed by atoms with Gasteiger partial charge in [0.25, 0.3) is 5.56 Å². The molecule has 0 aliphatic carbocycles. The Balaban J connectivity index is 2.00. The van der Waals surface area contributed by atoms with Crippen molar-refractivity contribution in [3.8, 4) is 11.5 Å². The summed E-state index contributed by atoms with van der Waals surface area (Å²) in [4.78, 5) is 27.9. The van der Waals surface area contributed by atoms with Crippen molar-refractivity contribution in [3.63, 3.8) is 0 Å². The average Bonchev–Trinajstić information content (AvgIpc) is 2.95. The summed E-state index contributed by atoms with van der Waals surface area (Å²) in [5.41, 5.74) is 1.89. The molecule has 0 aliphatic heterocycles. The molecule has 0 amide bonds. The lowest BCUT2D eigenvalue weighted by Crippen LogP contribution is -2.12. The average molecular weight is 329 g/mol. The molecule has 4 aromatic heterocycles. The molecule has 0 radical (unpaired) electrons. The molecule has 0 atom stereocenters. The third-order valence-corrected chi connectivity index (χ3v) is 4.47. The molecule has 22 heavy (non-hydrogen) atoms. The SMILES string of the molecule is Cc1cc(Cl)nc2c(=O)[nH]c(-c3cc4ccsc4cn3)nc12. The normalized spacial score (nSPS) is 11.4. The van der Waals surface area contributed by atoms with E-state index >= 15 is 0 Å². The van der Waals surface area contributed by atoms with Crippen molar-refractivity contribution in [1.29, 1.82) is 0 Å². The number of nitrogens with zero attached hydrogens (tertiary/aromatic N) is 3. The van der Waals surface area contributed by atoms with Crippen LogP contribution in [0.5, 0.6) is 0 Å². The van der Waals surface area contributed by atoms with Gasteiger partial charge in [0.1, 0.15) is 10.8 Å². The van der Waals surface area contributed by atoms with Crippen LogP contribution in [0, 0.1) is 6.92 Å². The van der Waals surface area contributed by atoms with E-state index in [0.717, 1.165) is 15.6 Å². The smallest absolute Gasteiger partial charge is 0.277 e. The number of pyridine rings is 2. The van der Waals surface area contributed by atoms with Crippen LogP contribution >= 0.6 is 22.9 Å². The van der Waals surface area contributed by atoms with Crippen molar-refractivity contribution in [1.82, 2.24) is 19.9 Å². The molecule has 5 nitrogen and oxygen atoms in total. The topological polar surface area (TPSA) is 71.5 Å². The fourth-order valence-electron chi connectivity index (χ4n) is 2.35. The lowest BCUT2D eigenvalue weighted by Gasteiger charge is -2.05. The van der Waals surface area contributed by atoms with E-state index in [4.69, 9.17) is 11.6 Å². The number of halogens is 1. The van der Waals surface area contributed by atoms with Crippen LogP contribution in [0.1, 0.15) is 5.56 Å². The summed E-state index contributed by atoms with van der Waals surface area (Å²) in [5, 5.41) is 3.36. The van der Waals surface area contributed by atoms with Gasteiger partial charge in [0, 0.05) is 6.20 Å². The number of hydrogen-bond donors (Lipinski definition) is 1. The number of thiophene rings is 1. The number of aromatic amines is 1. The van der Waals surface area contributed by atoms with E-state index in [1.54, 1.807) is 23.6 Å². The summed E-state index contributed by atoms with van der Waals surface area (Å²) in [7, 11) is 0. The van der Waals surface area contributed by atoms with Crippen molar-refractivity contribution < 1.29 is 0 Å².